The van der Waals surface area contributed by atoms with Crippen LogP contribution in [-0.4, -0.2) is 70.4 Å². The number of ether oxygens (including phenoxy) is 2. The molecule has 6 aromatic rings. The topological polar surface area (TPSA) is 120 Å². The van der Waals surface area contributed by atoms with Gasteiger partial charge in [0.2, 0.25) is 11.7 Å². The molecule has 242 valence electrons. The number of likely N-dealkylation sites (tertiary alicyclic amines) is 1. The summed E-state index contributed by atoms with van der Waals surface area (Å²) in [6.45, 7) is 4.12. The number of nitrogens with zero attached hydrogens (tertiary/aromatic N) is 8. The first-order chi connectivity index (χ1) is 22.9. The highest BCUT2D eigenvalue weighted by molar-refractivity contribution is 7.18. The van der Waals surface area contributed by atoms with Crippen molar-refractivity contribution in [2.75, 3.05) is 19.7 Å². The Bertz CT molecular complexity index is 2000. The van der Waals surface area contributed by atoms with Gasteiger partial charge in [-0.3, -0.25) is 9.88 Å². The van der Waals surface area contributed by atoms with Crippen LogP contribution in [0.15, 0.2) is 54.7 Å². The van der Waals surface area contributed by atoms with Crippen molar-refractivity contribution in [3.05, 3.63) is 77.1 Å². The Morgan fingerprint density at radius 2 is 1.83 bits per heavy atom. The molecule has 1 atom stereocenters. The molecule has 0 saturated carbocycles. The molecule has 2 fully saturated rings. The number of aromatic nitrogens is 8. The fraction of sp³-hybridized carbons (Fsp3) is 0.375. The molecule has 2 aliphatic rings. The van der Waals surface area contributed by atoms with Gasteiger partial charge in [0.05, 0.1) is 46.6 Å². The van der Waals surface area contributed by atoms with Crippen LogP contribution in [-0.2, 0) is 30.6 Å². The molecule has 0 unspecified atom stereocenters. The fourth-order valence-electron chi connectivity index (χ4n) is 6.11. The summed E-state index contributed by atoms with van der Waals surface area (Å²) in [7, 11) is 0. The Morgan fingerprint density at radius 1 is 0.979 bits per heavy atom. The van der Waals surface area contributed by atoms with E-state index in [4.69, 9.17) is 19.4 Å². The molecule has 0 aliphatic carbocycles. The molecular weight excluding hydrogens is 631 g/mol. The molecule has 7 heterocycles. The zero-order valence-corrected chi connectivity index (χ0v) is 26.0. The molecule has 8 rings (SSSR count). The second-order valence-corrected chi connectivity index (χ2v) is 12.9. The summed E-state index contributed by atoms with van der Waals surface area (Å²) in [5.41, 5.74) is 3.69. The number of thiazole rings is 1. The Morgan fingerprint density at radius 3 is 2.60 bits per heavy atom. The van der Waals surface area contributed by atoms with Gasteiger partial charge in [-0.2, -0.15) is 13.2 Å². The van der Waals surface area contributed by atoms with E-state index in [1.165, 1.54) is 0 Å². The average Bonchev–Trinajstić information content (AvgIpc) is 3.79. The van der Waals surface area contributed by atoms with Crippen LogP contribution in [0.4, 0.5) is 13.2 Å². The number of aromatic amines is 1. The number of benzene rings is 1. The molecule has 0 bridgehead atoms. The van der Waals surface area contributed by atoms with Gasteiger partial charge >= 0.3 is 6.18 Å². The van der Waals surface area contributed by atoms with E-state index in [-0.39, 0.29) is 17.6 Å². The number of fused-ring (bicyclic) bond motifs is 2. The van der Waals surface area contributed by atoms with Crippen molar-refractivity contribution in [2.45, 2.75) is 57.2 Å². The van der Waals surface area contributed by atoms with Gasteiger partial charge in [0, 0.05) is 24.3 Å². The summed E-state index contributed by atoms with van der Waals surface area (Å²) < 4.78 is 54.2. The van der Waals surface area contributed by atoms with E-state index >= 15 is 0 Å². The lowest BCUT2D eigenvalue weighted by Crippen LogP contribution is -2.35. The highest BCUT2D eigenvalue weighted by atomic mass is 32.1. The maximum atomic E-state index is 13.1. The van der Waals surface area contributed by atoms with E-state index in [1.807, 2.05) is 30.3 Å². The third-order valence-corrected chi connectivity index (χ3v) is 9.70. The van der Waals surface area contributed by atoms with E-state index in [1.54, 1.807) is 23.6 Å². The minimum absolute atomic E-state index is 0.0560. The lowest BCUT2D eigenvalue weighted by Gasteiger charge is -2.32. The molecule has 1 aromatic carbocycles. The van der Waals surface area contributed by atoms with Crippen molar-refractivity contribution in [3.8, 4) is 17.4 Å². The van der Waals surface area contributed by atoms with Crippen molar-refractivity contribution < 1.29 is 22.6 Å². The molecule has 2 aliphatic heterocycles. The molecule has 0 spiro atoms. The SMILES string of the molecule is FC(F)(F)c1nnc(-c2cc3nc(CN4CCC(c5cccc(OCc6nc7ccccc7s6)n5)CC4)n(C[C@@H]4CCO4)c3cn2)[nH]1. The largest absolute Gasteiger partial charge is 0.470 e. The number of pyridine rings is 2. The van der Waals surface area contributed by atoms with Crippen LogP contribution in [0.1, 0.15) is 47.5 Å². The number of para-hydroxylation sites is 1. The van der Waals surface area contributed by atoms with Crippen LogP contribution in [0.5, 0.6) is 5.88 Å². The molecule has 15 heteroatoms. The van der Waals surface area contributed by atoms with Gasteiger partial charge in [0.1, 0.15) is 23.1 Å². The van der Waals surface area contributed by atoms with Crippen molar-refractivity contribution >= 4 is 32.6 Å². The normalized spacial score (nSPS) is 17.8. The smallest absolute Gasteiger partial charge is 0.451 e. The quantitative estimate of drug-likeness (QED) is 0.199. The molecular formula is C32H30F3N9O2S. The maximum Gasteiger partial charge on any atom is 0.451 e. The predicted molar refractivity (Wildman–Crippen MR) is 168 cm³/mol. The van der Waals surface area contributed by atoms with Gasteiger partial charge in [0.25, 0.3) is 0 Å². The minimum Gasteiger partial charge on any atom is -0.470 e. The summed E-state index contributed by atoms with van der Waals surface area (Å²) in [5, 5.41) is 7.81. The van der Waals surface area contributed by atoms with Crippen LogP contribution in [0.25, 0.3) is 32.8 Å². The van der Waals surface area contributed by atoms with Gasteiger partial charge < -0.3 is 19.0 Å². The highest BCUT2D eigenvalue weighted by Gasteiger charge is 2.35. The highest BCUT2D eigenvalue weighted by Crippen LogP contribution is 2.31. The summed E-state index contributed by atoms with van der Waals surface area (Å²) in [4.78, 5) is 23.4. The summed E-state index contributed by atoms with van der Waals surface area (Å²) in [6, 6.07) is 15.7. The molecule has 1 N–H and O–H groups in total. The summed E-state index contributed by atoms with van der Waals surface area (Å²) >= 11 is 1.63. The first-order valence-corrected chi connectivity index (χ1v) is 16.3. The van der Waals surface area contributed by atoms with Crippen LogP contribution >= 0.6 is 11.3 Å². The van der Waals surface area contributed by atoms with Gasteiger partial charge in [-0.25, -0.2) is 15.0 Å². The van der Waals surface area contributed by atoms with E-state index in [0.29, 0.717) is 37.0 Å². The zero-order chi connectivity index (χ0) is 32.0. The molecule has 5 aromatic heterocycles. The number of halogens is 3. The third kappa shape index (κ3) is 6.30. The Kier molecular flexibility index (Phi) is 7.81. The number of hydrogen-bond donors (Lipinski definition) is 1. The number of alkyl halides is 3. The molecule has 2 saturated heterocycles. The number of nitrogens with one attached hydrogen (secondary N) is 1. The summed E-state index contributed by atoms with van der Waals surface area (Å²) in [5.74, 6) is 0.563. The monoisotopic (exact) mass is 661 g/mol. The average molecular weight is 662 g/mol. The number of hydrogen-bond acceptors (Lipinski definition) is 10. The second kappa shape index (κ2) is 12.3. The molecule has 0 amide bonds. The Hall–Kier alpha value is -4.47. The first kappa shape index (κ1) is 29.9. The third-order valence-electron chi connectivity index (χ3n) is 8.69. The number of H-pyrrole nitrogens is 1. The lowest BCUT2D eigenvalue weighted by molar-refractivity contribution is -0.144. The van der Waals surface area contributed by atoms with Crippen LogP contribution < -0.4 is 4.74 Å². The van der Waals surface area contributed by atoms with Crippen LogP contribution in [0.2, 0.25) is 0 Å². The van der Waals surface area contributed by atoms with Crippen LogP contribution in [0, 0.1) is 0 Å². The predicted octanol–water partition coefficient (Wildman–Crippen LogP) is 5.99. The van der Waals surface area contributed by atoms with Gasteiger partial charge in [-0.05, 0) is 56.6 Å². The molecule has 0 radical (unpaired) electrons. The fourth-order valence-corrected chi connectivity index (χ4v) is 6.99. The zero-order valence-electron chi connectivity index (χ0n) is 25.2. The van der Waals surface area contributed by atoms with Crippen LogP contribution in [0.3, 0.4) is 0 Å². The summed E-state index contributed by atoms with van der Waals surface area (Å²) in [6.07, 6.45) is -0.0391. The van der Waals surface area contributed by atoms with Gasteiger partial charge in [0.15, 0.2) is 5.82 Å². The van der Waals surface area contributed by atoms with Crippen molar-refractivity contribution in [1.29, 1.82) is 0 Å². The lowest BCUT2D eigenvalue weighted by atomic mass is 9.93. The van der Waals surface area contributed by atoms with Crippen molar-refractivity contribution in [1.82, 2.24) is 44.6 Å². The van der Waals surface area contributed by atoms with Crippen molar-refractivity contribution in [2.24, 2.45) is 0 Å². The first-order valence-electron chi connectivity index (χ1n) is 15.5. The Balaban J connectivity index is 0.943. The van der Waals surface area contributed by atoms with E-state index in [9.17, 15) is 13.2 Å². The maximum absolute atomic E-state index is 13.1. The Labute approximate surface area is 270 Å². The van der Waals surface area contributed by atoms with E-state index in [0.717, 1.165) is 71.2 Å². The number of imidazole rings is 1. The standard InChI is InChI=1S/C32H30F3N9O2S/c33-32(34,35)31-40-30(41-42-31)24-14-23-25(15-36-24)44(16-20-10-13-45-20)27(37-23)17-43-11-8-19(9-12-43)21-5-3-7-28(38-21)46-18-29-39-22-4-1-2-6-26(22)47-29/h1-7,14-15,19-20H,8-13,16-18H2,(H,40,41,42)/t20-/m0/s1. The van der Waals surface area contributed by atoms with E-state index < -0.39 is 12.0 Å². The minimum atomic E-state index is -4.62. The van der Waals surface area contributed by atoms with E-state index in [2.05, 4.69) is 46.7 Å². The van der Waals surface area contributed by atoms with Crippen molar-refractivity contribution in [3.63, 3.8) is 0 Å². The number of rotatable bonds is 9. The second-order valence-electron chi connectivity index (χ2n) is 11.8. The van der Waals surface area contributed by atoms with Gasteiger partial charge in [-0.1, -0.05) is 18.2 Å². The van der Waals surface area contributed by atoms with Gasteiger partial charge in [-0.15, -0.1) is 21.5 Å². The number of piperidine rings is 1. The molecule has 47 heavy (non-hydrogen) atoms. The molecule has 11 nitrogen and oxygen atoms in total.